The average molecular weight is 344 g/mol. The number of hydrogen-bond acceptors (Lipinski definition) is 5. The molecule has 0 radical (unpaired) electrons. The Balaban J connectivity index is 1.85. The van der Waals surface area contributed by atoms with E-state index in [1.165, 1.54) is 17.1 Å². The van der Waals surface area contributed by atoms with Crippen LogP contribution in [0, 0.1) is 3.57 Å². The SMILES string of the molecule is O=c1c(I)cncn1Cc1nc(C2CC2)no1. The summed E-state index contributed by atoms with van der Waals surface area (Å²) in [5, 5.41) is 3.90. The van der Waals surface area contributed by atoms with Crippen LogP contribution in [0.5, 0.6) is 0 Å². The molecule has 0 saturated heterocycles. The number of rotatable bonds is 3. The van der Waals surface area contributed by atoms with Crippen molar-refractivity contribution in [2.24, 2.45) is 0 Å². The molecular formula is C10H9IN4O2. The van der Waals surface area contributed by atoms with Crippen molar-refractivity contribution in [3.63, 3.8) is 0 Å². The van der Waals surface area contributed by atoms with Gasteiger partial charge in [0.1, 0.15) is 6.54 Å². The van der Waals surface area contributed by atoms with Gasteiger partial charge in [-0.3, -0.25) is 9.36 Å². The summed E-state index contributed by atoms with van der Waals surface area (Å²) in [5.41, 5.74) is -0.0910. The standard InChI is InChI=1S/C10H9IN4O2/c11-7-3-12-5-15(10(7)16)4-8-13-9(14-17-8)6-1-2-6/h3,5-6H,1-2,4H2. The van der Waals surface area contributed by atoms with E-state index in [1.54, 1.807) is 0 Å². The Morgan fingerprint density at radius 3 is 3.12 bits per heavy atom. The summed E-state index contributed by atoms with van der Waals surface area (Å²) >= 11 is 1.96. The molecule has 2 heterocycles. The summed E-state index contributed by atoms with van der Waals surface area (Å²) < 4.78 is 7.15. The van der Waals surface area contributed by atoms with Crippen LogP contribution in [0.1, 0.15) is 30.5 Å². The third kappa shape index (κ3) is 2.24. The highest BCUT2D eigenvalue weighted by atomic mass is 127. The molecule has 17 heavy (non-hydrogen) atoms. The van der Waals surface area contributed by atoms with E-state index in [0.717, 1.165) is 18.7 Å². The van der Waals surface area contributed by atoms with Gasteiger partial charge >= 0.3 is 0 Å². The van der Waals surface area contributed by atoms with Crippen molar-refractivity contribution in [1.82, 2.24) is 19.7 Å². The van der Waals surface area contributed by atoms with Crippen molar-refractivity contribution < 1.29 is 4.52 Å². The Morgan fingerprint density at radius 1 is 1.53 bits per heavy atom. The molecule has 1 fully saturated rings. The number of hydrogen-bond donors (Lipinski definition) is 0. The maximum absolute atomic E-state index is 11.8. The third-order valence-electron chi connectivity index (χ3n) is 2.59. The monoisotopic (exact) mass is 344 g/mol. The topological polar surface area (TPSA) is 73.8 Å². The van der Waals surface area contributed by atoms with E-state index in [2.05, 4.69) is 15.1 Å². The highest BCUT2D eigenvalue weighted by molar-refractivity contribution is 14.1. The Kier molecular flexibility index (Phi) is 2.69. The van der Waals surface area contributed by atoms with Gasteiger partial charge < -0.3 is 4.52 Å². The summed E-state index contributed by atoms with van der Waals surface area (Å²) in [4.78, 5) is 20.0. The Hall–Kier alpha value is -1.25. The summed E-state index contributed by atoms with van der Waals surface area (Å²) in [7, 11) is 0. The minimum Gasteiger partial charge on any atom is -0.337 e. The first kappa shape index (κ1) is 10.9. The Labute approximate surface area is 110 Å². The normalized spacial score (nSPS) is 15.1. The summed E-state index contributed by atoms with van der Waals surface area (Å²) in [6, 6.07) is 0. The Morgan fingerprint density at radius 2 is 2.35 bits per heavy atom. The smallest absolute Gasteiger partial charge is 0.267 e. The first-order valence-electron chi connectivity index (χ1n) is 5.26. The highest BCUT2D eigenvalue weighted by Crippen LogP contribution is 2.38. The molecule has 0 amide bonds. The number of nitrogens with zero attached hydrogens (tertiary/aromatic N) is 4. The maximum atomic E-state index is 11.8. The summed E-state index contributed by atoms with van der Waals surface area (Å²) in [5.74, 6) is 1.67. The van der Waals surface area contributed by atoms with Gasteiger partial charge in [0.2, 0.25) is 5.89 Å². The van der Waals surface area contributed by atoms with Crippen molar-refractivity contribution in [3.8, 4) is 0 Å². The molecule has 6 nitrogen and oxygen atoms in total. The van der Waals surface area contributed by atoms with E-state index >= 15 is 0 Å². The van der Waals surface area contributed by atoms with E-state index in [0.29, 0.717) is 15.4 Å². The van der Waals surface area contributed by atoms with Crippen molar-refractivity contribution in [1.29, 1.82) is 0 Å². The lowest BCUT2D eigenvalue weighted by Crippen LogP contribution is -2.23. The summed E-state index contributed by atoms with van der Waals surface area (Å²) in [6.45, 7) is 0.280. The van der Waals surface area contributed by atoms with Crippen LogP contribution in [0.2, 0.25) is 0 Å². The molecule has 0 aliphatic heterocycles. The van der Waals surface area contributed by atoms with Gasteiger partial charge in [-0.05, 0) is 35.4 Å². The van der Waals surface area contributed by atoms with Crippen LogP contribution in [-0.2, 0) is 6.54 Å². The quantitative estimate of drug-likeness (QED) is 0.782. The van der Waals surface area contributed by atoms with E-state index in [4.69, 9.17) is 4.52 Å². The molecule has 0 aromatic carbocycles. The molecule has 2 aromatic heterocycles. The molecule has 0 spiro atoms. The lowest BCUT2D eigenvalue weighted by Gasteiger charge is -2.00. The molecule has 1 saturated carbocycles. The van der Waals surface area contributed by atoms with Gasteiger partial charge in [0.05, 0.1) is 9.90 Å². The Bertz CT molecular complexity index is 602. The molecule has 1 aliphatic carbocycles. The van der Waals surface area contributed by atoms with E-state index in [9.17, 15) is 4.79 Å². The van der Waals surface area contributed by atoms with Crippen LogP contribution >= 0.6 is 22.6 Å². The second-order valence-corrected chi connectivity index (χ2v) is 5.16. The zero-order valence-electron chi connectivity index (χ0n) is 8.84. The lowest BCUT2D eigenvalue weighted by molar-refractivity contribution is 0.364. The molecule has 0 atom stereocenters. The second kappa shape index (κ2) is 4.21. The van der Waals surface area contributed by atoms with Crippen LogP contribution in [-0.4, -0.2) is 19.7 Å². The molecule has 0 bridgehead atoms. The molecule has 1 aliphatic rings. The predicted molar refractivity (Wildman–Crippen MR) is 66.6 cm³/mol. The van der Waals surface area contributed by atoms with Crippen molar-refractivity contribution in [3.05, 3.63) is 38.2 Å². The highest BCUT2D eigenvalue weighted by Gasteiger charge is 2.28. The molecule has 0 unspecified atom stereocenters. The fourth-order valence-electron chi connectivity index (χ4n) is 1.52. The third-order valence-corrected chi connectivity index (χ3v) is 3.33. The van der Waals surface area contributed by atoms with Crippen LogP contribution in [0.4, 0.5) is 0 Å². The fraction of sp³-hybridized carbons (Fsp3) is 0.400. The van der Waals surface area contributed by atoms with Crippen molar-refractivity contribution >= 4 is 22.6 Å². The number of halogens is 1. The molecule has 0 N–H and O–H groups in total. The summed E-state index contributed by atoms with van der Waals surface area (Å²) in [6.07, 6.45) is 5.27. The molecule has 88 valence electrons. The van der Waals surface area contributed by atoms with Crippen molar-refractivity contribution in [2.45, 2.75) is 25.3 Å². The van der Waals surface area contributed by atoms with E-state index in [1.807, 2.05) is 22.6 Å². The zero-order valence-corrected chi connectivity index (χ0v) is 11.0. The maximum Gasteiger partial charge on any atom is 0.267 e. The largest absolute Gasteiger partial charge is 0.337 e. The zero-order chi connectivity index (χ0) is 11.8. The van der Waals surface area contributed by atoms with Crippen LogP contribution in [0.3, 0.4) is 0 Å². The van der Waals surface area contributed by atoms with Gasteiger partial charge in [-0.15, -0.1) is 0 Å². The van der Waals surface area contributed by atoms with Gasteiger partial charge in [0.15, 0.2) is 5.82 Å². The molecule has 2 aromatic rings. The van der Waals surface area contributed by atoms with Gasteiger partial charge in [-0.2, -0.15) is 4.98 Å². The van der Waals surface area contributed by atoms with Gasteiger partial charge in [-0.25, -0.2) is 4.98 Å². The fourth-order valence-corrected chi connectivity index (χ4v) is 1.99. The van der Waals surface area contributed by atoms with E-state index < -0.39 is 0 Å². The van der Waals surface area contributed by atoms with Crippen LogP contribution in [0.15, 0.2) is 21.8 Å². The van der Waals surface area contributed by atoms with Gasteiger partial charge in [-0.1, -0.05) is 5.16 Å². The van der Waals surface area contributed by atoms with E-state index in [-0.39, 0.29) is 12.1 Å². The number of aromatic nitrogens is 4. The molecule has 7 heteroatoms. The van der Waals surface area contributed by atoms with Gasteiger partial charge in [0, 0.05) is 12.1 Å². The first-order valence-corrected chi connectivity index (χ1v) is 6.34. The van der Waals surface area contributed by atoms with Gasteiger partial charge in [0.25, 0.3) is 5.56 Å². The molecule has 3 rings (SSSR count). The second-order valence-electron chi connectivity index (χ2n) is 4.00. The average Bonchev–Trinajstić information content (AvgIpc) is 3.06. The van der Waals surface area contributed by atoms with Crippen LogP contribution in [0.25, 0.3) is 0 Å². The lowest BCUT2D eigenvalue weighted by atomic mass is 10.4. The minimum atomic E-state index is -0.0910. The predicted octanol–water partition coefficient (Wildman–Crippen LogP) is 1.16. The minimum absolute atomic E-state index is 0.0910. The van der Waals surface area contributed by atoms with Crippen LogP contribution < -0.4 is 5.56 Å². The molecular weight excluding hydrogens is 335 g/mol. The first-order chi connectivity index (χ1) is 8.24. The van der Waals surface area contributed by atoms with Crippen molar-refractivity contribution in [2.75, 3.05) is 0 Å².